The van der Waals surface area contributed by atoms with Crippen LogP contribution in [-0.2, 0) is 19.7 Å². The van der Waals surface area contributed by atoms with E-state index in [4.69, 9.17) is 4.74 Å². The van der Waals surface area contributed by atoms with Crippen LogP contribution in [0.4, 0.5) is 0 Å². The lowest BCUT2D eigenvalue weighted by Crippen LogP contribution is -2.80. The monoisotopic (exact) mass is 305 g/mol. The summed E-state index contributed by atoms with van der Waals surface area (Å²) in [7, 11) is 0. The zero-order valence-corrected chi connectivity index (χ0v) is 13.1. The third-order valence-electron chi connectivity index (χ3n) is 3.66. The summed E-state index contributed by atoms with van der Waals surface area (Å²) in [6, 6.07) is 22.6. The maximum Gasteiger partial charge on any atom is 0.120 e. The lowest BCUT2D eigenvalue weighted by atomic mass is 10.2. The molecule has 3 heteroatoms. The van der Waals surface area contributed by atoms with Gasteiger partial charge in [0.05, 0.1) is 0 Å². The van der Waals surface area contributed by atoms with Gasteiger partial charge in [0.15, 0.2) is 0 Å². The molecule has 0 saturated heterocycles. The smallest absolute Gasteiger partial charge is 0.120 e. The van der Waals surface area contributed by atoms with E-state index in [0.717, 1.165) is 18.8 Å². The van der Waals surface area contributed by atoms with Gasteiger partial charge in [0, 0.05) is 23.5 Å². The number of nitrogens with zero attached hydrogens (tertiary/aromatic N) is 1. The van der Waals surface area contributed by atoms with Gasteiger partial charge < -0.3 is 10.1 Å². The molecule has 0 bridgehead atoms. The summed E-state index contributed by atoms with van der Waals surface area (Å²) in [5, 5.41) is 2.28. The van der Waals surface area contributed by atoms with E-state index in [-0.39, 0.29) is 0 Å². The van der Waals surface area contributed by atoms with Crippen LogP contribution in [0.1, 0.15) is 16.7 Å². The Hall–Kier alpha value is -2.65. The predicted octanol–water partition coefficient (Wildman–Crippen LogP) is 2.92. The van der Waals surface area contributed by atoms with Gasteiger partial charge in [0.2, 0.25) is 0 Å². The number of pyridine rings is 1. The van der Waals surface area contributed by atoms with E-state index in [1.165, 1.54) is 16.7 Å². The fourth-order valence-electron chi connectivity index (χ4n) is 2.43. The molecule has 0 fully saturated rings. The molecule has 0 spiro atoms. The molecule has 1 heterocycles. The van der Waals surface area contributed by atoms with Crippen LogP contribution >= 0.6 is 0 Å². The highest BCUT2D eigenvalue weighted by Crippen LogP contribution is 2.14. The maximum absolute atomic E-state index is 5.88. The maximum atomic E-state index is 5.88. The van der Waals surface area contributed by atoms with E-state index in [9.17, 15) is 0 Å². The van der Waals surface area contributed by atoms with E-state index in [0.29, 0.717) is 6.61 Å². The average Bonchev–Trinajstić information content (AvgIpc) is 2.62. The van der Waals surface area contributed by atoms with Crippen LogP contribution in [-0.4, -0.2) is 4.98 Å². The Morgan fingerprint density at radius 3 is 2.30 bits per heavy atom. The molecule has 3 nitrogen and oxygen atoms in total. The molecule has 2 N–H and O–H groups in total. The average molecular weight is 305 g/mol. The fraction of sp³-hybridized carbons (Fsp3) is 0.150. The second kappa shape index (κ2) is 8.11. The van der Waals surface area contributed by atoms with Gasteiger partial charge in [-0.3, -0.25) is 4.98 Å². The summed E-state index contributed by atoms with van der Waals surface area (Å²) in [6.45, 7) is 2.49. The second-order valence-corrected chi connectivity index (χ2v) is 5.47. The highest BCUT2D eigenvalue weighted by atomic mass is 16.5. The Morgan fingerprint density at radius 2 is 1.48 bits per heavy atom. The standard InChI is InChI=1S/C20H20N2O/c1-2-5-18(6-3-1)16-23-20-8-4-7-19(13-20)15-22-14-17-9-11-21-12-10-17/h1-13,22H,14-16H2/p+1. The second-order valence-electron chi connectivity index (χ2n) is 5.47. The molecule has 0 saturated carbocycles. The van der Waals surface area contributed by atoms with Crippen molar-refractivity contribution < 1.29 is 10.1 Å². The Bertz CT molecular complexity index is 714. The molecular weight excluding hydrogens is 284 g/mol. The van der Waals surface area contributed by atoms with Crippen molar-refractivity contribution in [2.45, 2.75) is 19.7 Å². The summed E-state index contributed by atoms with van der Waals surface area (Å²) in [6.07, 6.45) is 3.67. The molecule has 0 aliphatic rings. The summed E-state index contributed by atoms with van der Waals surface area (Å²) in [5.41, 5.74) is 3.74. The van der Waals surface area contributed by atoms with Gasteiger partial charge >= 0.3 is 0 Å². The van der Waals surface area contributed by atoms with Gasteiger partial charge in [0.1, 0.15) is 25.4 Å². The minimum Gasteiger partial charge on any atom is -0.489 e. The quantitative estimate of drug-likeness (QED) is 0.729. The molecule has 0 atom stereocenters. The molecule has 0 aliphatic heterocycles. The number of benzene rings is 2. The highest BCUT2D eigenvalue weighted by Gasteiger charge is 2.01. The van der Waals surface area contributed by atoms with Crippen molar-refractivity contribution in [2.75, 3.05) is 0 Å². The predicted molar refractivity (Wildman–Crippen MR) is 90.8 cm³/mol. The van der Waals surface area contributed by atoms with Crippen molar-refractivity contribution in [3.8, 4) is 5.75 Å². The first-order valence-electron chi connectivity index (χ1n) is 7.86. The summed E-state index contributed by atoms with van der Waals surface area (Å²) >= 11 is 0. The zero-order valence-electron chi connectivity index (χ0n) is 13.1. The van der Waals surface area contributed by atoms with Crippen molar-refractivity contribution in [1.82, 2.24) is 4.98 Å². The molecule has 0 amide bonds. The third kappa shape index (κ3) is 4.94. The van der Waals surface area contributed by atoms with E-state index in [1.807, 2.05) is 36.7 Å². The highest BCUT2D eigenvalue weighted by molar-refractivity contribution is 5.28. The minimum atomic E-state index is 0.602. The molecule has 3 rings (SSSR count). The van der Waals surface area contributed by atoms with Gasteiger partial charge in [-0.15, -0.1) is 0 Å². The van der Waals surface area contributed by atoms with Gasteiger partial charge in [-0.05, 0) is 29.8 Å². The Balaban J connectivity index is 1.51. The van der Waals surface area contributed by atoms with Crippen LogP contribution in [0.3, 0.4) is 0 Å². The van der Waals surface area contributed by atoms with E-state index >= 15 is 0 Å². The molecule has 0 aliphatic carbocycles. The molecule has 23 heavy (non-hydrogen) atoms. The normalized spacial score (nSPS) is 10.4. The summed E-state index contributed by atoms with van der Waals surface area (Å²) in [4.78, 5) is 4.04. The molecule has 3 aromatic rings. The van der Waals surface area contributed by atoms with Crippen LogP contribution in [0.5, 0.6) is 5.75 Å². The number of aromatic nitrogens is 1. The van der Waals surface area contributed by atoms with E-state index in [2.05, 4.69) is 52.8 Å². The topological polar surface area (TPSA) is 38.7 Å². The van der Waals surface area contributed by atoms with Crippen molar-refractivity contribution in [3.63, 3.8) is 0 Å². The number of hydrogen-bond donors (Lipinski definition) is 1. The SMILES string of the molecule is c1ccc(COc2cccc(C[NH2+]Cc3ccncc3)c2)cc1. The van der Waals surface area contributed by atoms with Crippen molar-refractivity contribution in [2.24, 2.45) is 0 Å². The Morgan fingerprint density at radius 1 is 0.739 bits per heavy atom. The van der Waals surface area contributed by atoms with E-state index < -0.39 is 0 Å². The van der Waals surface area contributed by atoms with Crippen LogP contribution in [0.25, 0.3) is 0 Å². The summed E-state index contributed by atoms with van der Waals surface area (Å²) < 4.78 is 5.88. The molecule has 0 radical (unpaired) electrons. The molecule has 0 unspecified atom stereocenters. The molecule has 116 valence electrons. The van der Waals surface area contributed by atoms with Gasteiger partial charge in [-0.25, -0.2) is 0 Å². The zero-order chi connectivity index (χ0) is 15.7. The third-order valence-corrected chi connectivity index (χ3v) is 3.66. The van der Waals surface area contributed by atoms with Gasteiger partial charge in [-0.1, -0.05) is 42.5 Å². The minimum absolute atomic E-state index is 0.602. The van der Waals surface area contributed by atoms with Crippen LogP contribution in [0, 0.1) is 0 Å². The van der Waals surface area contributed by atoms with Gasteiger partial charge in [-0.2, -0.15) is 0 Å². The lowest BCUT2D eigenvalue weighted by molar-refractivity contribution is -0.686. The number of hydrogen-bond acceptors (Lipinski definition) is 2. The Labute approximate surface area is 137 Å². The number of nitrogens with two attached hydrogens (primary N) is 1. The largest absolute Gasteiger partial charge is 0.489 e. The van der Waals surface area contributed by atoms with Crippen LogP contribution in [0.15, 0.2) is 79.1 Å². The first-order valence-corrected chi connectivity index (χ1v) is 7.86. The van der Waals surface area contributed by atoms with Crippen molar-refractivity contribution >= 4 is 0 Å². The number of rotatable bonds is 7. The lowest BCUT2D eigenvalue weighted by Gasteiger charge is -2.08. The van der Waals surface area contributed by atoms with Crippen molar-refractivity contribution in [1.29, 1.82) is 0 Å². The fourth-order valence-corrected chi connectivity index (χ4v) is 2.43. The van der Waals surface area contributed by atoms with Crippen LogP contribution < -0.4 is 10.1 Å². The van der Waals surface area contributed by atoms with E-state index in [1.54, 1.807) is 0 Å². The number of ether oxygens (including phenoxy) is 1. The first kappa shape index (κ1) is 15.3. The molecule has 1 aromatic heterocycles. The summed E-state index contributed by atoms with van der Waals surface area (Å²) in [5.74, 6) is 0.920. The van der Waals surface area contributed by atoms with Gasteiger partial charge in [0.25, 0.3) is 0 Å². The Kier molecular flexibility index (Phi) is 5.38. The van der Waals surface area contributed by atoms with Crippen LogP contribution in [0.2, 0.25) is 0 Å². The molecule has 2 aromatic carbocycles. The van der Waals surface area contributed by atoms with Crippen molar-refractivity contribution in [3.05, 3.63) is 95.8 Å². The molecular formula is C20H21N2O+. The number of quaternary nitrogens is 1. The first-order chi connectivity index (χ1) is 11.4.